The molecule has 19 heavy (non-hydrogen) atoms. The molecule has 0 amide bonds. The minimum absolute atomic E-state index is 0.0294. The molecule has 0 bridgehead atoms. The van der Waals surface area contributed by atoms with Gasteiger partial charge in [0.25, 0.3) is 0 Å². The Morgan fingerprint density at radius 2 is 2.11 bits per heavy atom. The van der Waals surface area contributed by atoms with Gasteiger partial charge in [-0.25, -0.2) is 4.39 Å². The van der Waals surface area contributed by atoms with E-state index in [0.29, 0.717) is 5.82 Å². The summed E-state index contributed by atoms with van der Waals surface area (Å²) in [4.78, 5) is 9.71. The average Bonchev–Trinajstić information content (AvgIpc) is 2.70. The van der Waals surface area contributed by atoms with E-state index in [1.54, 1.807) is 0 Å². The summed E-state index contributed by atoms with van der Waals surface area (Å²) in [5.74, 6) is -2.09. The fraction of sp³-hybridized carbons (Fsp3) is 0.200. The molecule has 2 rings (SSSR count). The summed E-state index contributed by atoms with van der Waals surface area (Å²) in [6.45, 7) is 0.0294. The smallest absolute Gasteiger partial charge is 0.305 e. The molecule has 7 nitrogen and oxygen atoms in total. The van der Waals surface area contributed by atoms with Gasteiger partial charge in [-0.3, -0.25) is 10.1 Å². The number of hydrogen-bond donors (Lipinski definition) is 1. The van der Waals surface area contributed by atoms with Crippen LogP contribution in [0.1, 0.15) is 5.82 Å². The molecule has 0 aliphatic rings. The molecule has 0 saturated heterocycles. The van der Waals surface area contributed by atoms with Gasteiger partial charge in [-0.05, 0) is 6.07 Å². The molecule has 0 aliphatic carbocycles. The van der Waals surface area contributed by atoms with Crippen LogP contribution in [0, 0.1) is 21.7 Å². The number of halogens is 2. The monoisotopic (exact) mass is 269 g/mol. The molecule has 0 radical (unpaired) electrons. The molecular weight excluding hydrogens is 260 g/mol. The Morgan fingerprint density at radius 3 is 2.63 bits per heavy atom. The third-order valence-electron chi connectivity index (χ3n) is 2.64. The Kier molecular flexibility index (Phi) is 3.21. The Balaban J connectivity index is 2.70. The van der Waals surface area contributed by atoms with Crippen molar-refractivity contribution >= 4 is 5.69 Å². The van der Waals surface area contributed by atoms with Gasteiger partial charge in [-0.2, -0.15) is 4.39 Å². The lowest BCUT2D eigenvalue weighted by Crippen LogP contribution is -2.07. The summed E-state index contributed by atoms with van der Waals surface area (Å²) < 4.78 is 28.9. The van der Waals surface area contributed by atoms with Crippen LogP contribution in [0.4, 0.5) is 14.5 Å². The van der Waals surface area contributed by atoms with Crippen LogP contribution in [0.2, 0.25) is 0 Å². The topological polar surface area (TPSA) is 99.9 Å². The number of rotatable bonds is 3. The second-order valence-electron chi connectivity index (χ2n) is 3.72. The van der Waals surface area contributed by atoms with Gasteiger partial charge in [0, 0.05) is 13.1 Å². The molecule has 2 N–H and O–H groups in total. The van der Waals surface area contributed by atoms with Crippen molar-refractivity contribution in [1.82, 2.24) is 14.8 Å². The summed E-state index contributed by atoms with van der Waals surface area (Å²) in [5, 5.41) is 17.9. The van der Waals surface area contributed by atoms with Crippen molar-refractivity contribution in [3.05, 3.63) is 39.7 Å². The molecule has 0 spiro atoms. The Bertz CT molecular complexity index is 656. The summed E-state index contributed by atoms with van der Waals surface area (Å²) >= 11 is 0. The number of nitro benzene ring substituents is 1. The molecular formula is C10H9F2N5O2. The standard InChI is InChI=1S/C10H9F2N5O2/c1-16-7(4-13)14-15-10(16)8-5(11)2-3-6(9(8)12)17(18)19/h2-3H,4,13H2,1H3. The highest BCUT2D eigenvalue weighted by Gasteiger charge is 2.26. The summed E-state index contributed by atoms with van der Waals surface area (Å²) in [6, 6.07) is 1.57. The van der Waals surface area contributed by atoms with E-state index < -0.39 is 27.8 Å². The van der Waals surface area contributed by atoms with Gasteiger partial charge in [-0.1, -0.05) is 0 Å². The highest BCUT2D eigenvalue weighted by Crippen LogP contribution is 2.30. The van der Waals surface area contributed by atoms with Crippen molar-refractivity contribution in [2.75, 3.05) is 0 Å². The second-order valence-corrected chi connectivity index (χ2v) is 3.72. The first-order valence-corrected chi connectivity index (χ1v) is 5.18. The predicted molar refractivity (Wildman–Crippen MR) is 60.9 cm³/mol. The van der Waals surface area contributed by atoms with Crippen molar-refractivity contribution in [2.45, 2.75) is 6.54 Å². The van der Waals surface area contributed by atoms with Gasteiger partial charge in [0.05, 0.1) is 17.0 Å². The van der Waals surface area contributed by atoms with Crippen molar-refractivity contribution < 1.29 is 13.7 Å². The second kappa shape index (κ2) is 4.69. The zero-order chi connectivity index (χ0) is 14.2. The van der Waals surface area contributed by atoms with E-state index in [1.165, 1.54) is 11.6 Å². The van der Waals surface area contributed by atoms with Crippen LogP contribution in [-0.4, -0.2) is 19.7 Å². The highest BCUT2D eigenvalue weighted by atomic mass is 19.1. The van der Waals surface area contributed by atoms with Crippen LogP contribution in [0.3, 0.4) is 0 Å². The maximum Gasteiger partial charge on any atom is 0.305 e. The largest absolute Gasteiger partial charge is 0.324 e. The number of nitro groups is 1. The lowest BCUT2D eigenvalue weighted by atomic mass is 10.1. The average molecular weight is 269 g/mol. The molecule has 0 saturated carbocycles. The van der Waals surface area contributed by atoms with E-state index in [1.807, 2.05) is 0 Å². The number of aromatic nitrogens is 3. The van der Waals surface area contributed by atoms with Gasteiger partial charge in [0.2, 0.25) is 5.82 Å². The molecule has 0 fully saturated rings. The van der Waals surface area contributed by atoms with Gasteiger partial charge < -0.3 is 10.3 Å². The zero-order valence-corrected chi connectivity index (χ0v) is 9.80. The molecule has 1 aromatic carbocycles. The Morgan fingerprint density at radius 1 is 1.42 bits per heavy atom. The number of nitrogens with two attached hydrogens (primary N) is 1. The van der Waals surface area contributed by atoms with Crippen molar-refractivity contribution in [3.63, 3.8) is 0 Å². The van der Waals surface area contributed by atoms with Gasteiger partial charge in [-0.15, -0.1) is 10.2 Å². The van der Waals surface area contributed by atoms with E-state index in [-0.39, 0.29) is 12.4 Å². The number of nitrogens with zero attached hydrogens (tertiary/aromatic N) is 4. The maximum absolute atomic E-state index is 14.0. The molecule has 9 heteroatoms. The third-order valence-corrected chi connectivity index (χ3v) is 2.64. The quantitative estimate of drug-likeness (QED) is 0.665. The minimum atomic E-state index is -1.29. The molecule has 1 aromatic heterocycles. The Labute approximate surface area is 105 Å². The summed E-state index contributed by atoms with van der Waals surface area (Å²) in [5.41, 5.74) is 3.96. The van der Waals surface area contributed by atoms with Crippen molar-refractivity contribution in [2.24, 2.45) is 12.8 Å². The van der Waals surface area contributed by atoms with E-state index in [2.05, 4.69) is 10.2 Å². The maximum atomic E-state index is 14.0. The predicted octanol–water partition coefficient (Wildman–Crippen LogP) is 1.13. The summed E-state index contributed by atoms with van der Waals surface area (Å²) in [7, 11) is 1.47. The third kappa shape index (κ3) is 2.03. The number of hydrogen-bond acceptors (Lipinski definition) is 5. The first-order chi connectivity index (χ1) is 8.97. The van der Waals surface area contributed by atoms with Crippen molar-refractivity contribution in [1.29, 1.82) is 0 Å². The van der Waals surface area contributed by atoms with E-state index >= 15 is 0 Å². The molecule has 0 atom stereocenters. The first kappa shape index (κ1) is 13.0. The fourth-order valence-corrected chi connectivity index (χ4v) is 1.64. The molecule has 0 unspecified atom stereocenters. The zero-order valence-electron chi connectivity index (χ0n) is 9.80. The lowest BCUT2D eigenvalue weighted by Gasteiger charge is -2.05. The van der Waals surface area contributed by atoms with Gasteiger partial charge >= 0.3 is 5.69 Å². The van der Waals surface area contributed by atoms with Crippen LogP contribution in [-0.2, 0) is 13.6 Å². The molecule has 2 aromatic rings. The minimum Gasteiger partial charge on any atom is -0.324 e. The van der Waals surface area contributed by atoms with E-state index in [0.717, 1.165) is 12.1 Å². The first-order valence-electron chi connectivity index (χ1n) is 5.18. The van der Waals surface area contributed by atoms with Crippen LogP contribution in [0.15, 0.2) is 12.1 Å². The van der Waals surface area contributed by atoms with E-state index in [4.69, 9.17) is 5.73 Å². The van der Waals surface area contributed by atoms with Crippen LogP contribution in [0.25, 0.3) is 11.4 Å². The lowest BCUT2D eigenvalue weighted by molar-refractivity contribution is -0.387. The van der Waals surface area contributed by atoms with Crippen LogP contribution in [0.5, 0.6) is 0 Å². The van der Waals surface area contributed by atoms with Crippen molar-refractivity contribution in [3.8, 4) is 11.4 Å². The van der Waals surface area contributed by atoms with Gasteiger partial charge in [0.15, 0.2) is 5.82 Å². The van der Waals surface area contributed by atoms with Crippen LogP contribution >= 0.6 is 0 Å². The molecule has 0 aliphatic heterocycles. The normalized spacial score (nSPS) is 10.7. The fourth-order valence-electron chi connectivity index (χ4n) is 1.64. The highest BCUT2D eigenvalue weighted by molar-refractivity contribution is 5.62. The van der Waals surface area contributed by atoms with Gasteiger partial charge in [0.1, 0.15) is 11.6 Å². The Hall–Kier alpha value is -2.42. The molecule has 1 heterocycles. The van der Waals surface area contributed by atoms with Crippen LogP contribution < -0.4 is 5.73 Å². The number of benzene rings is 1. The van der Waals surface area contributed by atoms with E-state index in [9.17, 15) is 18.9 Å². The SMILES string of the molecule is Cn1c(CN)nnc1-c1c(F)ccc([N+](=O)[O-])c1F. The summed E-state index contributed by atoms with van der Waals surface area (Å²) in [6.07, 6.45) is 0. The molecule has 100 valence electrons.